The lowest BCUT2D eigenvalue weighted by molar-refractivity contribution is 0.255. The number of rotatable bonds is 8. The molecule has 4 bridgehead atoms. The lowest BCUT2D eigenvalue weighted by Crippen LogP contribution is -2.65. The number of anilines is 4. The first kappa shape index (κ1) is 72.4. The molecule has 2 amide bonds. The second-order valence-corrected chi connectivity index (χ2v) is 39.3. The van der Waals surface area contributed by atoms with Crippen LogP contribution in [-0.2, 0) is 21.7 Å². The molecule has 0 saturated carbocycles. The van der Waals surface area contributed by atoms with Gasteiger partial charge in [-0.25, -0.2) is 4.79 Å². The molecule has 0 radical (unpaired) electrons. The van der Waals surface area contributed by atoms with Crippen molar-refractivity contribution in [1.82, 2.24) is 0 Å². The number of hydrogen-bond donors (Lipinski definition) is 0. The van der Waals surface area contributed by atoms with Crippen LogP contribution in [0.5, 0.6) is 0 Å². The van der Waals surface area contributed by atoms with Gasteiger partial charge in [0.05, 0.1) is 11.4 Å². The molecule has 3 aliphatic heterocycles. The Morgan fingerprint density at radius 1 is 0.233 bits per heavy atom. The minimum Gasteiger partial charge on any atom is -0.263 e. The summed E-state index contributed by atoms with van der Waals surface area (Å²) in [5.41, 5.74) is 45.5. The van der Waals surface area contributed by atoms with Crippen LogP contribution >= 0.6 is 0 Å². The zero-order chi connectivity index (χ0) is 81.5. The predicted molar refractivity (Wildman–Crippen MR) is 506 cm³/mol. The summed E-state index contributed by atoms with van der Waals surface area (Å²) in [5, 5.41) is 2.17. The first-order valence-electron chi connectivity index (χ1n) is 43.3. The van der Waals surface area contributed by atoms with Gasteiger partial charge >= 0.3 is 6.03 Å². The molecule has 4 unspecified atom stereocenters. The molecule has 16 aromatic rings. The molecule has 5 heteroatoms. The second kappa shape index (κ2) is 26.1. The normalized spacial score (nSPS) is 16.6. The SMILES string of the molecule is CC(C)(C)c1ccc2c(c1)C1c3ccc(C(C)(C)C)cc3C2c2cc3c(cc21)B(c1c(-c2ccccc2)cc(-c2ccccc2)cc1-c1ccccc1)c1ccc2ccc4c5c2c1N3C(=O)N5c1cc2c(cc1B4c1c(-c3ccccc3)cc(-c3ccccc3)cc1-c1ccccc1)C1c3ccc(C(C)(C)C)cc3C2c2ccc(C(C)(C)C)cc21. The summed E-state index contributed by atoms with van der Waals surface area (Å²) in [5.74, 6) is -0.363. The minimum atomic E-state index is -0.402. The van der Waals surface area contributed by atoms with Crippen LogP contribution in [0.3, 0.4) is 0 Å². The minimum absolute atomic E-state index is 0.0711. The van der Waals surface area contributed by atoms with Crippen LogP contribution in [0.2, 0.25) is 0 Å². The Kier molecular flexibility index (Phi) is 15.7. The highest BCUT2D eigenvalue weighted by Crippen LogP contribution is 2.62. The van der Waals surface area contributed by atoms with Crippen molar-refractivity contribution < 1.29 is 4.79 Å². The number of carbonyl (C=O) groups is 1. The molecule has 3 nitrogen and oxygen atoms in total. The van der Waals surface area contributed by atoms with E-state index >= 15 is 4.79 Å². The summed E-state index contributed by atoms with van der Waals surface area (Å²) < 4.78 is 0. The van der Waals surface area contributed by atoms with E-state index < -0.39 is 13.4 Å². The number of urea groups is 1. The molecule has 0 saturated heterocycles. The topological polar surface area (TPSA) is 23.6 Å². The van der Waals surface area contributed by atoms with Crippen molar-refractivity contribution in [3.63, 3.8) is 0 Å². The van der Waals surface area contributed by atoms with E-state index in [0.29, 0.717) is 0 Å². The molecule has 0 spiro atoms. The largest absolute Gasteiger partial charge is 0.338 e. The fourth-order valence-electron chi connectivity index (χ4n) is 22.4. The van der Waals surface area contributed by atoms with Crippen LogP contribution in [0.1, 0.15) is 196 Å². The molecule has 0 N–H and O–H groups in total. The maximum absolute atomic E-state index is 18.8. The molecule has 0 aromatic heterocycles. The number of benzene rings is 16. The fourth-order valence-corrected chi connectivity index (χ4v) is 22.4. The van der Waals surface area contributed by atoms with Gasteiger partial charge in [-0.05, 0) is 241 Å². The summed E-state index contributed by atoms with van der Waals surface area (Å²) in [7, 11) is 0. The average Bonchev–Trinajstić information content (AvgIpc) is 0.670. The highest BCUT2D eigenvalue weighted by atomic mass is 16.2. The molecule has 9 aliphatic rings. The zero-order valence-corrected chi connectivity index (χ0v) is 70.4. The van der Waals surface area contributed by atoms with Gasteiger partial charge in [-0.3, -0.25) is 9.80 Å². The van der Waals surface area contributed by atoms with Gasteiger partial charge < -0.3 is 0 Å². The average molecular weight is 1540 g/mol. The molecule has 120 heavy (non-hydrogen) atoms. The van der Waals surface area contributed by atoms with Gasteiger partial charge in [-0.15, -0.1) is 0 Å². The lowest BCUT2D eigenvalue weighted by atomic mass is 9.32. The van der Waals surface area contributed by atoms with E-state index in [0.717, 1.165) is 122 Å². The molecule has 576 valence electrons. The molecule has 6 aliphatic carbocycles. The second-order valence-electron chi connectivity index (χ2n) is 39.3. The van der Waals surface area contributed by atoms with Crippen molar-refractivity contribution in [1.29, 1.82) is 0 Å². The predicted octanol–water partition coefficient (Wildman–Crippen LogP) is 25.1. The summed E-state index contributed by atoms with van der Waals surface area (Å²) in [6.45, 7) is 27.4. The van der Waals surface area contributed by atoms with E-state index in [1.165, 1.54) is 99.9 Å². The third-order valence-electron chi connectivity index (χ3n) is 28.2. The molecular formula is C115H94B2N2O. The molecule has 3 heterocycles. The van der Waals surface area contributed by atoms with E-state index in [9.17, 15) is 0 Å². The molecule has 25 rings (SSSR count). The maximum Gasteiger partial charge on any atom is 0.338 e. The Bertz CT molecular complexity index is 6500. The summed E-state index contributed by atoms with van der Waals surface area (Å²) in [4.78, 5) is 23.3. The molecular weight excluding hydrogens is 1450 g/mol. The van der Waals surface area contributed by atoms with Gasteiger partial charge in [0.15, 0.2) is 0 Å². The van der Waals surface area contributed by atoms with E-state index in [1.54, 1.807) is 0 Å². The Hall–Kier alpha value is -12.8. The maximum atomic E-state index is 18.8. The summed E-state index contributed by atoms with van der Waals surface area (Å²) in [6.07, 6.45) is 0. The number of fused-ring (bicyclic) bond motifs is 4. The van der Waals surface area contributed by atoms with Crippen LogP contribution in [0.4, 0.5) is 27.5 Å². The van der Waals surface area contributed by atoms with E-state index in [-0.39, 0.29) is 51.4 Å². The van der Waals surface area contributed by atoms with E-state index in [4.69, 9.17) is 0 Å². The fraction of sp³-hybridized carbons (Fsp3) is 0.174. The van der Waals surface area contributed by atoms with Crippen molar-refractivity contribution in [3.05, 3.63) is 417 Å². The van der Waals surface area contributed by atoms with E-state index in [2.05, 4.69) is 420 Å². The Morgan fingerprint density at radius 3 is 0.750 bits per heavy atom. The summed E-state index contributed by atoms with van der Waals surface area (Å²) >= 11 is 0. The van der Waals surface area contributed by atoms with Crippen molar-refractivity contribution in [2.75, 3.05) is 9.80 Å². The van der Waals surface area contributed by atoms with Gasteiger partial charge in [0, 0.05) is 40.4 Å². The quantitative estimate of drug-likeness (QED) is 0.139. The third kappa shape index (κ3) is 10.8. The number of carbonyl (C=O) groups excluding carboxylic acids is 1. The standard InChI is InChI=1S/C115H94B2N2O/c1-112(2,3)76-47-51-82-88(59-76)103-80-49-45-78(114(7,8)9)61-90(80)105(82)94-65-100-98(63-92(94)103)116(107-84(69-35-23-15-24-36-69)55-74(67-31-19-13-20-32-67)56-85(107)70-37-25-16-26-38-70)96-53-43-73-44-54-97-110-102(73)109(96)118(100)111(120)119(110)101-66-95-93(104-81-50-46-79(115(10,11)12)62-91(81)106(95)83-52-48-77(60-89(83)104)113(4,5)6)64-99(101)117(97)108-86(71-39-27-17-28-40-71)57-75(68-33-21-14-22-34-68)58-87(108)72-41-29-18-30-42-72/h13-66,103-106H,1-12H3. The van der Waals surface area contributed by atoms with Gasteiger partial charge in [-0.2, -0.15) is 0 Å². The monoisotopic (exact) mass is 1540 g/mol. The molecule has 4 atom stereocenters. The van der Waals surface area contributed by atoms with Crippen LogP contribution in [0.15, 0.2) is 328 Å². The van der Waals surface area contributed by atoms with Gasteiger partial charge in [0.1, 0.15) is 0 Å². The summed E-state index contributed by atoms with van der Waals surface area (Å²) in [6, 6.07) is 126. The lowest BCUT2D eigenvalue weighted by Gasteiger charge is -2.49. The third-order valence-corrected chi connectivity index (χ3v) is 28.2. The van der Waals surface area contributed by atoms with Crippen LogP contribution in [0.25, 0.3) is 77.5 Å². The Morgan fingerprint density at radius 2 is 0.483 bits per heavy atom. The Balaban J connectivity index is 0.871. The van der Waals surface area contributed by atoms with Crippen LogP contribution in [0, 0.1) is 0 Å². The highest BCUT2D eigenvalue weighted by Gasteiger charge is 2.54. The first-order valence-corrected chi connectivity index (χ1v) is 43.3. The van der Waals surface area contributed by atoms with Crippen molar-refractivity contribution >= 4 is 85.8 Å². The number of hydrogen-bond acceptors (Lipinski definition) is 1. The smallest absolute Gasteiger partial charge is 0.263 e. The molecule has 0 fully saturated rings. The van der Waals surface area contributed by atoms with Crippen LogP contribution in [-0.4, -0.2) is 19.5 Å². The van der Waals surface area contributed by atoms with Crippen molar-refractivity contribution in [3.8, 4) is 66.8 Å². The van der Waals surface area contributed by atoms with Gasteiger partial charge in [0.25, 0.3) is 0 Å². The number of amides is 2. The van der Waals surface area contributed by atoms with Gasteiger partial charge in [-0.1, -0.05) is 385 Å². The van der Waals surface area contributed by atoms with E-state index in [1.807, 2.05) is 0 Å². The zero-order valence-electron chi connectivity index (χ0n) is 70.4. The first-order chi connectivity index (χ1) is 58.0. The van der Waals surface area contributed by atoms with Crippen LogP contribution < -0.4 is 42.6 Å². The highest BCUT2D eigenvalue weighted by molar-refractivity contribution is 7.01. The molecule has 16 aromatic carbocycles. The van der Waals surface area contributed by atoms with Crippen molar-refractivity contribution in [2.24, 2.45) is 0 Å². The Labute approximate surface area is 707 Å². The number of nitrogens with zero attached hydrogens (tertiary/aromatic N) is 2. The van der Waals surface area contributed by atoms with Gasteiger partial charge in [0.2, 0.25) is 13.4 Å². The van der Waals surface area contributed by atoms with Crippen molar-refractivity contribution in [2.45, 2.75) is 128 Å².